The molecule has 0 aromatic carbocycles. The molecular formula is C9H18F3N3O2. The van der Waals surface area contributed by atoms with Crippen LogP contribution in [0.1, 0.15) is 13.8 Å². The molecule has 4 N–H and O–H groups in total. The van der Waals surface area contributed by atoms with E-state index in [1.807, 2.05) is 5.43 Å². The van der Waals surface area contributed by atoms with E-state index < -0.39 is 37.2 Å². The molecule has 0 aliphatic rings. The van der Waals surface area contributed by atoms with Crippen LogP contribution in [0.15, 0.2) is 0 Å². The minimum atomic E-state index is -4.37. The third kappa shape index (κ3) is 5.85. The number of nitrogens with zero attached hydrogens (tertiary/aromatic N) is 1. The van der Waals surface area contributed by atoms with E-state index in [9.17, 15) is 18.0 Å². The van der Waals surface area contributed by atoms with Crippen molar-refractivity contribution in [2.75, 3.05) is 19.7 Å². The summed E-state index contributed by atoms with van der Waals surface area (Å²) in [7, 11) is 0. The van der Waals surface area contributed by atoms with E-state index >= 15 is 0 Å². The Labute approximate surface area is 97.7 Å². The van der Waals surface area contributed by atoms with Gasteiger partial charge in [-0.2, -0.15) is 13.2 Å². The first-order valence-electron chi connectivity index (χ1n) is 5.15. The van der Waals surface area contributed by atoms with Crippen molar-refractivity contribution < 1.29 is 23.1 Å². The van der Waals surface area contributed by atoms with Gasteiger partial charge in [0.2, 0.25) is 5.91 Å². The summed E-state index contributed by atoms with van der Waals surface area (Å²) in [5.41, 5.74) is 1.90. The summed E-state index contributed by atoms with van der Waals surface area (Å²) in [5.74, 6) is 3.68. The van der Waals surface area contributed by atoms with Crippen LogP contribution in [0.3, 0.4) is 0 Å². The molecule has 0 saturated carbocycles. The van der Waals surface area contributed by atoms with Gasteiger partial charge in [-0.05, 0) is 6.92 Å². The number of aliphatic hydroxyl groups excluding tert-OH is 1. The van der Waals surface area contributed by atoms with Crippen LogP contribution >= 0.6 is 0 Å². The van der Waals surface area contributed by atoms with E-state index in [0.29, 0.717) is 0 Å². The van der Waals surface area contributed by atoms with Crippen LogP contribution in [-0.2, 0) is 4.79 Å². The zero-order valence-electron chi connectivity index (χ0n) is 9.79. The van der Waals surface area contributed by atoms with Crippen molar-refractivity contribution in [3.8, 4) is 0 Å². The minimum Gasteiger partial charge on any atom is -0.395 e. The SMILES string of the molecule is CC(C(=O)NN)C(C)N(CCO)CC(F)(F)F. The van der Waals surface area contributed by atoms with Gasteiger partial charge in [0.25, 0.3) is 0 Å². The molecule has 2 unspecified atom stereocenters. The van der Waals surface area contributed by atoms with E-state index in [0.717, 1.165) is 4.90 Å². The Morgan fingerprint density at radius 1 is 1.47 bits per heavy atom. The molecule has 102 valence electrons. The van der Waals surface area contributed by atoms with Gasteiger partial charge in [-0.3, -0.25) is 15.1 Å². The van der Waals surface area contributed by atoms with Crippen molar-refractivity contribution in [1.82, 2.24) is 10.3 Å². The number of rotatable bonds is 6. The van der Waals surface area contributed by atoms with Crippen LogP contribution in [0.2, 0.25) is 0 Å². The summed E-state index contributed by atoms with van der Waals surface area (Å²) in [6, 6.07) is -0.674. The number of aliphatic hydroxyl groups is 1. The van der Waals surface area contributed by atoms with Crippen LogP contribution in [0.5, 0.6) is 0 Å². The maximum absolute atomic E-state index is 12.3. The average molecular weight is 257 g/mol. The van der Waals surface area contributed by atoms with E-state index in [2.05, 4.69) is 0 Å². The molecule has 8 heteroatoms. The quantitative estimate of drug-likeness (QED) is 0.351. The Morgan fingerprint density at radius 3 is 2.35 bits per heavy atom. The van der Waals surface area contributed by atoms with Gasteiger partial charge in [0.1, 0.15) is 0 Å². The maximum atomic E-state index is 12.3. The van der Waals surface area contributed by atoms with Crippen LogP contribution in [-0.4, -0.2) is 47.8 Å². The molecule has 2 atom stereocenters. The molecule has 0 aliphatic carbocycles. The zero-order valence-corrected chi connectivity index (χ0v) is 9.79. The van der Waals surface area contributed by atoms with Gasteiger partial charge >= 0.3 is 6.18 Å². The molecule has 0 rings (SSSR count). The molecule has 0 heterocycles. The molecule has 0 saturated heterocycles. The standard InChI is InChI=1S/C9H18F3N3O2/c1-6(8(17)14-13)7(2)15(3-4-16)5-9(10,11)12/h6-7,16H,3-5,13H2,1-2H3,(H,14,17). The molecule has 17 heavy (non-hydrogen) atoms. The zero-order chi connectivity index (χ0) is 13.6. The van der Waals surface area contributed by atoms with E-state index in [1.165, 1.54) is 13.8 Å². The highest BCUT2D eigenvalue weighted by Gasteiger charge is 2.35. The molecule has 0 aromatic rings. The number of hydrazine groups is 1. The lowest BCUT2D eigenvalue weighted by Gasteiger charge is -2.32. The Bertz CT molecular complexity index is 248. The van der Waals surface area contributed by atoms with Crippen molar-refractivity contribution >= 4 is 5.91 Å². The maximum Gasteiger partial charge on any atom is 0.401 e. The lowest BCUT2D eigenvalue weighted by atomic mass is 10.0. The van der Waals surface area contributed by atoms with Gasteiger partial charge in [-0.25, -0.2) is 5.84 Å². The molecule has 0 aromatic heterocycles. The van der Waals surface area contributed by atoms with Crippen LogP contribution in [0.25, 0.3) is 0 Å². The summed E-state index contributed by atoms with van der Waals surface area (Å²) < 4.78 is 36.9. The Hall–Kier alpha value is -0.860. The minimum absolute atomic E-state index is 0.150. The van der Waals surface area contributed by atoms with Crippen LogP contribution in [0.4, 0.5) is 13.2 Å². The number of hydrogen-bond donors (Lipinski definition) is 3. The molecule has 5 nitrogen and oxygen atoms in total. The highest BCUT2D eigenvalue weighted by Crippen LogP contribution is 2.20. The molecule has 1 amide bonds. The first kappa shape index (κ1) is 16.1. The molecule has 0 fully saturated rings. The Balaban J connectivity index is 4.63. The second kappa shape index (κ2) is 6.77. The summed E-state index contributed by atoms with van der Waals surface area (Å²) in [6.07, 6.45) is -4.37. The topological polar surface area (TPSA) is 78.6 Å². The lowest BCUT2D eigenvalue weighted by molar-refractivity contribution is -0.155. The molecule has 0 aliphatic heterocycles. The number of alkyl halides is 3. The first-order valence-corrected chi connectivity index (χ1v) is 5.15. The smallest absolute Gasteiger partial charge is 0.395 e. The number of carbonyl (C=O) groups excluding carboxylic acids is 1. The third-order valence-electron chi connectivity index (χ3n) is 2.62. The second-order valence-electron chi connectivity index (χ2n) is 3.85. The fourth-order valence-corrected chi connectivity index (χ4v) is 1.45. The molecule has 0 radical (unpaired) electrons. The van der Waals surface area contributed by atoms with Gasteiger partial charge in [-0.15, -0.1) is 0 Å². The first-order chi connectivity index (χ1) is 7.72. The Kier molecular flexibility index (Phi) is 6.43. The predicted octanol–water partition coefficient (Wildman–Crippen LogP) is -0.142. The average Bonchev–Trinajstić information content (AvgIpc) is 2.23. The second-order valence-corrected chi connectivity index (χ2v) is 3.85. The van der Waals surface area contributed by atoms with E-state index in [-0.39, 0.29) is 6.54 Å². The number of amides is 1. The monoisotopic (exact) mass is 257 g/mol. The summed E-state index contributed by atoms with van der Waals surface area (Å²) in [5, 5.41) is 8.73. The van der Waals surface area contributed by atoms with Crippen molar-refractivity contribution in [3.63, 3.8) is 0 Å². The van der Waals surface area contributed by atoms with Gasteiger partial charge in [0, 0.05) is 12.6 Å². The fourth-order valence-electron chi connectivity index (χ4n) is 1.45. The predicted molar refractivity (Wildman–Crippen MR) is 55.7 cm³/mol. The summed E-state index contributed by atoms with van der Waals surface area (Å²) >= 11 is 0. The number of hydrogen-bond acceptors (Lipinski definition) is 4. The summed E-state index contributed by atoms with van der Waals surface area (Å²) in [4.78, 5) is 12.2. The van der Waals surface area contributed by atoms with Gasteiger partial charge < -0.3 is 5.11 Å². The van der Waals surface area contributed by atoms with Crippen molar-refractivity contribution in [3.05, 3.63) is 0 Å². The number of nitrogens with one attached hydrogen (secondary N) is 1. The van der Waals surface area contributed by atoms with Crippen molar-refractivity contribution in [2.45, 2.75) is 26.1 Å². The van der Waals surface area contributed by atoms with Crippen LogP contribution in [0, 0.1) is 5.92 Å². The van der Waals surface area contributed by atoms with Gasteiger partial charge in [0.05, 0.1) is 19.1 Å². The third-order valence-corrected chi connectivity index (χ3v) is 2.62. The fraction of sp³-hybridized carbons (Fsp3) is 0.889. The Morgan fingerprint density at radius 2 is 2.00 bits per heavy atom. The molecule has 0 bridgehead atoms. The van der Waals surface area contributed by atoms with E-state index in [4.69, 9.17) is 10.9 Å². The van der Waals surface area contributed by atoms with Gasteiger partial charge in [-0.1, -0.05) is 6.92 Å². The van der Waals surface area contributed by atoms with Crippen LogP contribution < -0.4 is 11.3 Å². The highest BCUT2D eigenvalue weighted by molar-refractivity contribution is 5.78. The van der Waals surface area contributed by atoms with Gasteiger partial charge in [0.15, 0.2) is 0 Å². The largest absolute Gasteiger partial charge is 0.401 e. The van der Waals surface area contributed by atoms with E-state index in [1.54, 1.807) is 0 Å². The molecular weight excluding hydrogens is 239 g/mol. The number of carbonyl (C=O) groups is 1. The number of nitrogens with two attached hydrogens (primary N) is 1. The lowest BCUT2D eigenvalue weighted by Crippen LogP contribution is -2.49. The number of halogens is 3. The highest BCUT2D eigenvalue weighted by atomic mass is 19.4. The summed E-state index contributed by atoms with van der Waals surface area (Å²) in [6.45, 7) is 1.24. The molecule has 0 spiro atoms. The van der Waals surface area contributed by atoms with Crippen molar-refractivity contribution in [1.29, 1.82) is 0 Å². The normalized spacial score (nSPS) is 15.8. The van der Waals surface area contributed by atoms with Crippen molar-refractivity contribution in [2.24, 2.45) is 11.8 Å².